The van der Waals surface area contributed by atoms with Crippen molar-refractivity contribution in [1.82, 2.24) is 0 Å². The lowest BCUT2D eigenvalue weighted by atomic mass is 10.0. The van der Waals surface area contributed by atoms with E-state index in [9.17, 15) is 9.59 Å². The lowest BCUT2D eigenvalue weighted by Crippen LogP contribution is -2.20. The van der Waals surface area contributed by atoms with Crippen molar-refractivity contribution in [3.8, 4) is 0 Å². The van der Waals surface area contributed by atoms with Crippen LogP contribution in [0.4, 0.5) is 0 Å². The fourth-order valence-electron chi connectivity index (χ4n) is 2.54. The highest BCUT2D eigenvalue weighted by atomic mass is 16.5. The fraction of sp³-hybridized carbons (Fsp3) is 0.800. The van der Waals surface area contributed by atoms with Gasteiger partial charge in [-0.15, -0.1) is 0 Å². The highest BCUT2D eigenvalue weighted by Gasteiger charge is 2.20. The maximum absolute atomic E-state index is 11.9. The first-order valence-corrected chi connectivity index (χ1v) is 9.64. The number of esters is 2. The minimum atomic E-state index is -0.530. The molecule has 0 rings (SSSR count). The van der Waals surface area contributed by atoms with Gasteiger partial charge in [0.05, 0.1) is 25.6 Å². The quantitative estimate of drug-likeness (QED) is 0.233. The van der Waals surface area contributed by atoms with Crippen LogP contribution in [0.3, 0.4) is 0 Å². The van der Waals surface area contributed by atoms with Gasteiger partial charge in [-0.1, -0.05) is 64.0 Å². The molecule has 0 saturated heterocycles. The molecular weight excluding hydrogens is 304 g/mol. The van der Waals surface area contributed by atoms with Crippen molar-refractivity contribution in [2.24, 2.45) is 5.92 Å². The van der Waals surface area contributed by atoms with E-state index in [1.54, 1.807) is 19.9 Å². The monoisotopic (exact) mass is 340 g/mol. The summed E-state index contributed by atoms with van der Waals surface area (Å²) in [6.07, 6.45) is 15.1. The lowest BCUT2D eigenvalue weighted by molar-refractivity contribution is -0.153. The molecule has 0 amide bonds. The van der Waals surface area contributed by atoms with E-state index < -0.39 is 5.92 Å². The van der Waals surface area contributed by atoms with Gasteiger partial charge in [-0.25, -0.2) is 0 Å². The molecule has 0 aromatic heterocycles. The van der Waals surface area contributed by atoms with Gasteiger partial charge in [0.25, 0.3) is 0 Å². The highest BCUT2D eigenvalue weighted by Crippen LogP contribution is 2.13. The van der Waals surface area contributed by atoms with Gasteiger partial charge in [0.1, 0.15) is 0 Å². The predicted molar refractivity (Wildman–Crippen MR) is 97.7 cm³/mol. The molecule has 0 fully saturated rings. The zero-order chi connectivity index (χ0) is 18.0. The Morgan fingerprint density at radius 2 is 1.42 bits per heavy atom. The molecule has 140 valence electrons. The van der Waals surface area contributed by atoms with E-state index in [4.69, 9.17) is 9.47 Å². The van der Waals surface area contributed by atoms with E-state index >= 15 is 0 Å². The summed E-state index contributed by atoms with van der Waals surface area (Å²) in [4.78, 5) is 23.5. The molecule has 0 saturated carbocycles. The van der Waals surface area contributed by atoms with E-state index in [0.29, 0.717) is 13.2 Å². The number of unbranched alkanes of at least 4 members (excludes halogenated alkanes) is 8. The van der Waals surface area contributed by atoms with E-state index in [1.165, 1.54) is 44.9 Å². The van der Waals surface area contributed by atoms with Gasteiger partial charge in [0.15, 0.2) is 0 Å². The molecular formula is C20H36O4. The van der Waals surface area contributed by atoms with Crippen LogP contribution in [0.5, 0.6) is 0 Å². The first-order chi connectivity index (χ1) is 11.7. The fourth-order valence-corrected chi connectivity index (χ4v) is 2.54. The van der Waals surface area contributed by atoms with Gasteiger partial charge in [0, 0.05) is 0 Å². The van der Waals surface area contributed by atoms with Crippen LogP contribution in [0.25, 0.3) is 0 Å². The summed E-state index contributed by atoms with van der Waals surface area (Å²) >= 11 is 0. The number of ether oxygens (including phenoxy) is 2. The Bertz CT molecular complexity index is 350. The summed E-state index contributed by atoms with van der Waals surface area (Å²) in [6, 6.07) is 0. The van der Waals surface area contributed by atoms with Crippen molar-refractivity contribution in [2.75, 3.05) is 13.2 Å². The van der Waals surface area contributed by atoms with E-state index in [-0.39, 0.29) is 18.4 Å². The number of rotatable bonds is 15. The number of carbonyl (C=O) groups excluding carboxylic acids is 2. The van der Waals surface area contributed by atoms with Crippen molar-refractivity contribution in [3.05, 3.63) is 12.2 Å². The van der Waals surface area contributed by atoms with Gasteiger partial charge < -0.3 is 9.47 Å². The zero-order valence-electron chi connectivity index (χ0n) is 15.9. The normalized spacial score (nSPS) is 12.3. The number of allylic oxidation sites excluding steroid dienone is 1. The molecule has 0 aromatic carbocycles. The summed E-state index contributed by atoms with van der Waals surface area (Å²) in [6.45, 7) is 6.41. The Labute approximate surface area is 148 Å². The maximum Gasteiger partial charge on any atom is 0.313 e. The Hall–Kier alpha value is -1.32. The second-order valence-corrected chi connectivity index (χ2v) is 6.06. The van der Waals surface area contributed by atoms with Crippen LogP contribution in [-0.2, 0) is 19.1 Å². The van der Waals surface area contributed by atoms with Gasteiger partial charge in [0.2, 0.25) is 0 Å². The molecule has 1 unspecified atom stereocenters. The van der Waals surface area contributed by atoms with Gasteiger partial charge in [-0.3, -0.25) is 9.59 Å². The predicted octanol–water partition coefficient (Wildman–Crippen LogP) is 5.21. The number of hydrogen-bond donors (Lipinski definition) is 0. The first kappa shape index (κ1) is 22.7. The smallest absolute Gasteiger partial charge is 0.313 e. The van der Waals surface area contributed by atoms with Crippen molar-refractivity contribution in [1.29, 1.82) is 0 Å². The molecule has 4 heteroatoms. The standard InChI is InChI=1S/C20H36O4/c1-4-7-8-9-10-11-12-13-14-15-16-18(20(22)24-6-3)17-19(21)23-5-2/h15-16,18H,4-14,17H2,1-3H3. The third kappa shape index (κ3) is 13.1. The summed E-state index contributed by atoms with van der Waals surface area (Å²) in [5.41, 5.74) is 0. The average Bonchev–Trinajstić information content (AvgIpc) is 2.56. The Kier molecular flexibility index (Phi) is 15.6. The molecule has 0 radical (unpaired) electrons. The van der Waals surface area contributed by atoms with Crippen LogP contribution in [0.2, 0.25) is 0 Å². The van der Waals surface area contributed by atoms with Crippen LogP contribution in [0, 0.1) is 5.92 Å². The minimum Gasteiger partial charge on any atom is -0.466 e. The number of hydrogen-bond acceptors (Lipinski definition) is 4. The molecule has 0 aromatic rings. The Balaban J connectivity index is 3.99. The largest absolute Gasteiger partial charge is 0.466 e. The van der Waals surface area contributed by atoms with Crippen LogP contribution in [0.15, 0.2) is 12.2 Å². The first-order valence-electron chi connectivity index (χ1n) is 9.64. The average molecular weight is 341 g/mol. The molecule has 24 heavy (non-hydrogen) atoms. The molecule has 1 atom stereocenters. The van der Waals surface area contributed by atoms with E-state index in [2.05, 4.69) is 6.92 Å². The molecule has 0 heterocycles. The third-order valence-corrected chi connectivity index (χ3v) is 3.87. The SMILES string of the molecule is CCCCCCCCCCC=CC(CC(=O)OCC)C(=O)OCC. The Morgan fingerprint density at radius 3 is 2.00 bits per heavy atom. The summed E-state index contributed by atoms with van der Waals surface area (Å²) in [5, 5.41) is 0. The van der Waals surface area contributed by atoms with Crippen molar-refractivity contribution in [3.63, 3.8) is 0 Å². The third-order valence-electron chi connectivity index (χ3n) is 3.87. The number of carbonyl (C=O) groups is 2. The van der Waals surface area contributed by atoms with Crippen LogP contribution < -0.4 is 0 Å². The van der Waals surface area contributed by atoms with Crippen LogP contribution in [-0.4, -0.2) is 25.2 Å². The second kappa shape index (κ2) is 16.5. The van der Waals surface area contributed by atoms with Gasteiger partial charge in [-0.2, -0.15) is 0 Å². The summed E-state index contributed by atoms with van der Waals surface area (Å²) in [7, 11) is 0. The van der Waals surface area contributed by atoms with E-state index in [0.717, 1.165) is 12.8 Å². The summed E-state index contributed by atoms with van der Waals surface area (Å²) < 4.78 is 9.95. The molecule has 0 bridgehead atoms. The van der Waals surface area contributed by atoms with Gasteiger partial charge >= 0.3 is 11.9 Å². The van der Waals surface area contributed by atoms with Crippen LogP contribution >= 0.6 is 0 Å². The lowest BCUT2D eigenvalue weighted by Gasteiger charge is -2.11. The molecule has 0 aliphatic rings. The Morgan fingerprint density at radius 1 is 0.833 bits per heavy atom. The van der Waals surface area contributed by atoms with Crippen molar-refractivity contribution in [2.45, 2.75) is 85.0 Å². The maximum atomic E-state index is 11.9. The molecule has 0 aliphatic heterocycles. The van der Waals surface area contributed by atoms with Gasteiger partial charge in [-0.05, 0) is 26.7 Å². The zero-order valence-corrected chi connectivity index (χ0v) is 15.9. The molecule has 0 N–H and O–H groups in total. The van der Waals surface area contributed by atoms with Crippen molar-refractivity contribution >= 4 is 11.9 Å². The summed E-state index contributed by atoms with van der Waals surface area (Å²) in [5.74, 6) is -1.23. The van der Waals surface area contributed by atoms with Crippen molar-refractivity contribution < 1.29 is 19.1 Å². The topological polar surface area (TPSA) is 52.6 Å². The molecule has 4 nitrogen and oxygen atoms in total. The van der Waals surface area contributed by atoms with Crippen LogP contribution in [0.1, 0.15) is 85.0 Å². The minimum absolute atomic E-state index is 0.0562. The second-order valence-electron chi connectivity index (χ2n) is 6.06. The van der Waals surface area contributed by atoms with E-state index in [1.807, 2.05) is 6.08 Å². The molecule has 0 spiro atoms. The molecule has 0 aliphatic carbocycles. The highest BCUT2D eigenvalue weighted by molar-refractivity contribution is 5.81.